The van der Waals surface area contributed by atoms with Crippen molar-refractivity contribution in [2.75, 3.05) is 13.2 Å². The third-order valence-corrected chi connectivity index (χ3v) is 3.87. The third-order valence-electron chi connectivity index (χ3n) is 3.04. The quantitative estimate of drug-likeness (QED) is 0.785. The lowest BCUT2D eigenvalue weighted by atomic mass is 9.92. The van der Waals surface area contributed by atoms with Crippen molar-refractivity contribution in [2.24, 2.45) is 5.92 Å². The zero-order valence-electron chi connectivity index (χ0n) is 9.42. The number of carbonyl (C=O) groups is 1. The van der Waals surface area contributed by atoms with Gasteiger partial charge < -0.3 is 4.74 Å². The molecule has 1 heterocycles. The van der Waals surface area contributed by atoms with E-state index in [0.717, 1.165) is 30.5 Å². The van der Waals surface area contributed by atoms with Crippen LogP contribution < -0.4 is 0 Å². The van der Waals surface area contributed by atoms with Gasteiger partial charge in [0.1, 0.15) is 0 Å². The van der Waals surface area contributed by atoms with E-state index in [9.17, 15) is 4.79 Å². The maximum atomic E-state index is 12.1. The molecule has 1 aromatic rings. The molecule has 0 saturated carbocycles. The minimum Gasteiger partial charge on any atom is -0.381 e. The first-order valence-corrected chi connectivity index (χ1v) is 6.90. The second kappa shape index (κ2) is 5.98. The molecule has 1 fully saturated rings. The number of ether oxygens (including phenoxy) is 1. The van der Waals surface area contributed by atoms with Crippen LogP contribution in [0.1, 0.15) is 29.6 Å². The van der Waals surface area contributed by atoms with Crippen LogP contribution in [0.5, 0.6) is 0 Å². The molecule has 1 aliphatic rings. The highest BCUT2D eigenvalue weighted by Crippen LogP contribution is 2.26. The first-order valence-electron chi connectivity index (χ1n) is 5.73. The topological polar surface area (TPSA) is 26.3 Å². The standard InChI is InChI=1S/C13H14BrClO2/c14-10-1-2-12(15)11(8-10)13(16)7-9-3-5-17-6-4-9/h1-2,8-9H,3-7H2. The fraction of sp³-hybridized carbons (Fsp3) is 0.462. The number of ketones is 1. The number of Topliss-reactive ketones (excluding diaryl/α,β-unsaturated/α-hetero) is 1. The maximum absolute atomic E-state index is 12.1. The molecule has 1 aromatic carbocycles. The molecule has 0 unspecified atom stereocenters. The van der Waals surface area contributed by atoms with Gasteiger partial charge in [-0.3, -0.25) is 4.79 Å². The summed E-state index contributed by atoms with van der Waals surface area (Å²) in [6.45, 7) is 1.54. The summed E-state index contributed by atoms with van der Waals surface area (Å²) in [6.07, 6.45) is 2.51. The minimum absolute atomic E-state index is 0.128. The lowest BCUT2D eigenvalue weighted by molar-refractivity contribution is 0.0601. The Bertz CT molecular complexity index is 414. The molecule has 4 heteroatoms. The first kappa shape index (κ1) is 13.1. The van der Waals surface area contributed by atoms with E-state index in [1.807, 2.05) is 6.07 Å². The average molecular weight is 318 g/mol. The van der Waals surface area contributed by atoms with Gasteiger partial charge in [-0.05, 0) is 37.0 Å². The van der Waals surface area contributed by atoms with Crippen LogP contribution in [0, 0.1) is 5.92 Å². The van der Waals surface area contributed by atoms with Crippen molar-refractivity contribution in [2.45, 2.75) is 19.3 Å². The predicted molar refractivity (Wildman–Crippen MR) is 71.6 cm³/mol. The molecule has 2 rings (SSSR count). The van der Waals surface area contributed by atoms with Gasteiger partial charge in [-0.2, -0.15) is 0 Å². The molecule has 17 heavy (non-hydrogen) atoms. The predicted octanol–water partition coefficient (Wildman–Crippen LogP) is 4.10. The Morgan fingerprint density at radius 3 is 2.82 bits per heavy atom. The Morgan fingerprint density at radius 2 is 2.12 bits per heavy atom. The van der Waals surface area contributed by atoms with E-state index in [1.54, 1.807) is 12.1 Å². The lowest BCUT2D eigenvalue weighted by Crippen LogP contribution is -2.18. The van der Waals surface area contributed by atoms with Gasteiger partial charge in [0, 0.05) is 29.7 Å². The summed E-state index contributed by atoms with van der Waals surface area (Å²) in [6, 6.07) is 5.39. The molecule has 0 bridgehead atoms. The van der Waals surface area contributed by atoms with Gasteiger partial charge in [0.05, 0.1) is 5.02 Å². The Kier molecular flexibility index (Phi) is 4.60. The van der Waals surface area contributed by atoms with Crippen LogP contribution in [0.25, 0.3) is 0 Å². The van der Waals surface area contributed by atoms with E-state index in [2.05, 4.69) is 15.9 Å². The van der Waals surface area contributed by atoms with Crippen LogP contribution >= 0.6 is 27.5 Å². The molecule has 0 aliphatic carbocycles. The van der Waals surface area contributed by atoms with E-state index < -0.39 is 0 Å². The second-order valence-corrected chi connectivity index (χ2v) is 5.63. The summed E-state index contributed by atoms with van der Waals surface area (Å²) in [4.78, 5) is 12.1. The first-order chi connectivity index (χ1) is 8.16. The van der Waals surface area contributed by atoms with Crippen LogP contribution in [-0.4, -0.2) is 19.0 Å². The molecule has 0 aromatic heterocycles. The summed E-state index contributed by atoms with van der Waals surface area (Å²) in [5.41, 5.74) is 0.618. The van der Waals surface area contributed by atoms with Gasteiger partial charge in [0.25, 0.3) is 0 Å². The Morgan fingerprint density at radius 1 is 1.41 bits per heavy atom. The van der Waals surface area contributed by atoms with Gasteiger partial charge in [-0.1, -0.05) is 27.5 Å². The van der Waals surface area contributed by atoms with Gasteiger partial charge >= 0.3 is 0 Å². The molecule has 92 valence electrons. The van der Waals surface area contributed by atoms with Crippen LogP contribution in [-0.2, 0) is 4.74 Å². The molecule has 1 aliphatic heterocycles. The summed E-state index contributed by atoms with van der Waals surface area (Å²) in [5, 5.41) is 0.533. The number of hydrogen-bond acceptors (Lipinski definition) is 2. The van der Waals surface area contributed by atoms with Crippen LogP contribution in [0.15, 0.2) is 22.7 Å². The maximum Gasteiger partial charge on any atom is 0.164 e. The summed E-state index contributed by atoms with van der Waals surface area (Å²) in [5.74, 6) is 0.564. The third kappa shape index (κ3) is 3.54. The zero-order valence-corrected chi connectivity index (χ0v) is 11.8. The summed E-state index contributed by atoms with van der Waals surface area (Å²) < 4.78 is 6.17. The average Bonchev–Trinajstić information content (AvgIpc) is 2.33. The van der Waals surface area contributed by atoms with Crippen LogP contribution in [0.3, 0.4) is 0 Å². The van der Waals surface area contributed by atoms with Crippen molar-refractivity contribution in [3.8, 4) is 0 Å². The van der Waals surface area contributed by atoms with Crippen molar-refractivity contribution in [3.63, 3.8) is 0 Å². The van der Waals surface area contributed by atoms with Crippen molar-refractivity contribution in [1.82, 2.24) is 0 Å². The molecule has 0 radical (unpaired) electrons. The second-order valence-electron chi connectivity index (χ2n) is 4.31. The molecule has 0 atom stereocenters. The summed E-state index contributed by atoms with van der Waals surface area (Å²) >= 11 is 9.40. The number of carbonyl (C=O) groups excluding carboxylic acids is 1. The molecular weight excluding hydrogens is 303 g/mol. The van der Waals surface area contributed by atoms with E-state index in [-0.39, 0.29) is 5.78 Å². The van der Waals surface area contributed by atoms with Crippen molar-refractivity contribution < 1.29 is 9.53 Å². The number of hydrogen-bond donors (Lipinski definition) is 0. The van der Waals surface area contributed by atoms with E-state index in [4.69, 9.17) is 16.3 Å². The molecule has 2 nitrogen and oxygen atoms in total. The van der Waals surface area contributed by atoms with Crippen LogP contribution in [0.2, 0.25) is 5.02 Å². The zero-order chi connectivity index (χ0) is 12.3. The van der Waals surface area contributed by atoms with E-state index in [1.165, 1.54) is 0 Å². The van der Waals surface area contributed by atoms with E-state index >= 15 is 0 Å². The highest BCUT2D eigenvalue weighted by atomic mass is 79.9. The number of halogens is 2. The highest BCUT2D eigenvalue weighted by molar-refractivity contribution is 9.10. The highest BCUT2D eigenvalue weighted by Gasteiger charge is 2.19. The number of benzene rings is 1. The van der Waals surface area contributed by atoms with Gasteiger partial charge in [-0.15, -0.1) is 0 Å². The monoisotopic (exact) mass is 316 g/mol. The van der Waals surface area contributed by atoms with E-state index in [0.29, 0.717) is 22.9 Å². The molecule has 0 spiro atoms. The summed E-state index contributed by atoms with van der Waals surface area (Å²) in [7, 11) is 0. The lowest BCUT2D eigenvalue weighted by Gasteiger charge is -2.21. The normalized spacial score (nSPS) is 17.1. The largest absolute Gasteiger partial charge is 0.381 e. The van der Waals surface area contributed by atoms with Crippen molar-refractivity contribution in [1.29, 1.82) is 0 Å². The van der Waals surface area contributed by atoms with Crippen molar-refractivity contribution >= 4 is 33.3 Å². The molecule has 0 amide bonds. The number of rotatable bonds is 3. The fourth-order valence-corrected chi connectivity index (χ4v) is 2.62. The Labute approximate surface area is 114 Å². The smallest absolute Gasteiger partial charge is 0.164 e. The minimum atomic E-state index is 0.128. The van der Waals surface area contributed by atoms with Crippen LogP contribution in [0.4, 0.5) is 0 Å². The Balaban J connectivity index is 2.05. The molecule has 1 saturated heterocycles. The van der Waals surface area contributed by atoms with Gasteiger partial charge in [-0.25, -0.2) is 0 Å². The van der Waals surface area contributed by atoms with Gasteiger partial charge in [0.2, 0.25) is 0 Å². The SMILES string of the molecule is O=C(CC1CCOCC1)c1cc(Br)ccc1Cl. The molecule has 0 N–H and O–H groups in total. The van der Waals surface area contributed by atoms with Crippen molar-refractivity contribution in [3.05, 3.63) is 33.3 Å². The molecular formula is C13H14BrClO2. The van der Waals surface area contributed by atoms with Gasteiger partial charge in [0.15, 0.2) is 5.78 Å². The fourth-order valence-electron chi connectivity index (χ4n) is 2.03. The Hall–Kier alpha value is -0.380.